The molecule has 0 aliphatic heterocycles. The van der Waals surface area contributed by atoms with Gasteiger partial charge < -0.3 is 0 Å². The fourth-order valence-electron chi connectivity index (χ4n) is 2.56. The molecule has 0 fully saturated rings. The van der Waals surface area contributed by atoms with Crippen molar-refractivity contribution in [2.24, 2.45) is 0 Å². The van der Waals surface area contributed by atoms with E-state index in [4.69, 9.17) is 0 Å². The molecular weight excluding hydrogens is 388 g/mol. The number of unbranched alkanes of at least 4 members (excludes halogenated alkanes) is 11. The molecule has 0 aromatic carbocycles. The molecule has 0 rings (SSSR count). The lowest BCUT2D eigenvalue weighted by Gasteiger charge is -2.12. The second-order valence-electron chi connectivity index (χ2n) is 6.09. The first-order valence-electron chi connectivity index (χ1n) is 8.66. The summed E-state index contributed by atoms with van der Waals surface area (Å²) < 4.78 is 36.2. The Balaban J connectivity index is 3.15. The summed E-state index contributed by atoms with van der Waals surface area (Å²) in [6, 6.07) is 0. The minimum atomic E-state index is -4.00. The molecule has 0 aliphatic rings. The molecule has 0 radical (unpaired) electrons. The molecule has 1 atom stereocenters. The zero-order valence-electron chi connectivity index (χ0n) is 13.5. The van der Waals surface area contributed by atoms with Gasteiger partial charge in [-0.3, -0.25) is 0 Å². The van der Waals surface area contributed by atoms with Gasteiger partial charge in [-0.15, -0.1) is 0 Å². The fourth-order valence-corrected chi connectivity index (χ4v) is 3.50. The van der Waals surface area contributed by atoms with Crippen molar-refractivity contribution in [3.63, 3.8) is 0 Å². The summed E-state index contributed by atoms with van der Waals surface area (Å²) in [5.74, 6) is 0. The van der Waals surface area contributed by atoms with E-state index in [0.29, 0.717) is 6.42 Å². The third-order valence-corrected chi connectivity index (χ3v) is 4.89. The lowest BCUT2D eigenvalue weighted by molar-refractivity contribution is -0.133. The van der Waals surface area contributed by atoms with Gasteiger partial charge in [0.05, 0.1) is 6.42 Å². The van der Waals surface area contributed by atoms with Crippen molar-refractivity contribution in [2.45, 2.75) is 107 Å². The van der Waals surface area contributed by atoms with Crippen molar-refractivity contribution in [3.8, 4) is 0 Å². The maximum absolute atomic E-state index is 12.1. The van der Waals surface area contributed by atoms with Crippen LogP contribution in [-0.2, 0) is 0 Å². The van der Waals surface area contributed by atoms with Crippen molar-refractivity contribution in [3.05, 3.63) is 0 Å². The van der Waals surface area contributed by atoms with Crippen LogP contribution in [-0.4, -0.2) is 10.1 Å². The topological polar surface area (TPSA) is 0 Å². The third kappa shape index (κ3) is 18.5. The van der Waals surface area contributed by atoms with Crippen LogP contribution in [0.15, 0.2) is 0 Å². The first-order chi connectivity index (χ1) is 9.95. The average Bonchev–Trinajstić information content (AvgIpc) is 2.38. The van der Waals surface area contributed by atoms with Crippen LogP contribution in [0, 0.1) is 0 Å². The van der Waals surface area contributed by atoms with Crippen LogP contribution in [0.25, 0.3) is 0 Å². The average molecular weight is 420 g/mol. The van der Waals surface area contributed by atoms with E-state index in [2.05, 4.69) is 6.92 Å². The molecule has 0 bridgehead atoms. The summed E-state index contributed by atoms with van der Waals surface area (Å²) in [5.41, 5.74) is 0. The highest BCUT2D eigenvalue weighted by atomic mass is 127. The Bertz CT molecular complexity index is 217. The van der Waals surface area contributed by atoms with Gasteiger partial charge in [0.15, 0.2) is 0 Å². The van der Waals surface area contributed by atoms with Crippen molar-refractivity contribution in [1.29, 1.82) is 0 Å². The normalized spacial score (nSPS) is 13.6. The van der Waals surface area contributed by atoms with Crippen LogP contribution in [0.5, 0.6) is 0 Å². The van der Waals surface area contributed by atoms with Gasteiger partial charge in [0.25, 0.3) is 0 Å². The van der Waals surface area contributed by atoms with Gasteiger partial charge in [0.2, 0.25) is 0 Å². The molecule has 0 saturated heterocycles. The minimum Gasteiger partial charge on any atom is -0.171 e. The summed E-state index contributed by atoms with van der Waals surface area (Å²) in [4.78, 5) is 0. The standard InChI is InChI=1S/C17H32F3I/c1-2-3-4-5-6-7-8-9-10-11-12-13-14-16(21)15-17(18,19)20/h16H,2-15H2,1H3. The molecule has 21 heavy (non-hydrogen) atoms. The molecule has 0 amide bonds. The van der Waals surface area contributed by atoms with Gasteiger partial charge in [-0.2, -0.15) is 13.2 Å². The summed E-state index contributed by atoms with van der Waals surface area (Å²) in [6.07, 6.45) is 11.3. The SMILES string of the molecule is CCCCCCCCCCCCCCC(I)CC(F)(F)F. The van der Waals surface area contributed by atoms with Crippen molar-refractivity contribution in [2.75, 3.05) is 0 Å². The molecule has 0 heterocycles. The van der Waals surface area contributed by atoms with Gasteiger partial charge in [-0.25, -0.2) is 0 Å². The Morgan fingerprint density at radius 3 is 1.48 bits per heavy atom. The van der Waals surface area contributed by atoms with Gasteiger partial charge in [-0.1, -0.05) is 107 Å². The van der Waals surface area contributed by atoms with Crippen LogP contribution < -0.4 is 0 Å². The van der Waals surface area contributed by atoms with Crippen molar-refractivity contribution in [1.82, 2.24) is 0 Å². The third-order valence-electron chi connectivity index (χ3n) is 3.82. The molecule has 1 unspecified atom stereocenters. The Labute approximate surface area is 142 Å². The predicted octanol–water partition coefficient (Wildman–Crippen LogP) is 7.83. The van der Waals surface area contributed by atoms with Crippen LogP contribution in [0.4, 0.5) is 13.2 Å². The highest BCUT2D eigenvalue weighted by Gasteiger charge is 2.30. The van der Waals surface area contributed by atoms with E-state index < -0.39 is 12.6 Å². The van der Waals surface area contributed by atoms with Gasteiger partial charge >= 0.3 is 6.18 Å². The van der Waals surface area contributed by atoms with E-state index >= 15 is 0 Å². The quantitative estimate of drug-likeness (QED) is 0.153. The molecule has 0 spiro atoms. The van der Waals surface area contributed by atoms with E-state index in [-0.39, 0.29) is 3.92 Å². The molecule has 0 aromatic rings. The highest BCUT2D eigenvalue weighted by Crippen LogP contribution is 2.28. The van der Waals surface area contributed by atoms with Crippen LogP contribution >= 0.6 is 22.6 Å². The molecular formula is C17H32F3I. The molecule has 128 valence electrons. The van der Waals surface area contributed by atoms with Gasteiger partial charge in [0.1, 0.15) is 0 Å². The minimum absolute atomic E-state index is 0.245. The molecule has 4 heteroatoms. The van der Waals surface area contributed by atoms with Crippen LogP contribution in [0.1, 0.15) is 96.8 Å². The smallest absolute Gasteiger partial charge is 0.171 e. The molecule has 0 N–H and O–H groups in total. The zero-order chi connectivity index (χ0) is 16.0. The second kappa shape index (κ2) is 14.1. The van der Waals surface area contributed by atoms with E-state index in [1.54, 1.807) is 0 Å². The molecule has 0 saturated carbocycles. The Morgan fingerprint density at radius 1 is 0.714 bits per heavy atom. The van der Waals surface area contributed by atoms with E-state index in [9.17, 15) is 13.2 Å². The number of halogens is 4. The second-order valence-corrected chi connectivity index (χ2v) is 7.86. The summed E-state index contributed by atoms with van der Waals surface area (Å²) in [5, 5.41) is 0. The monoisotopic (exact) mass is 420 g/mol. The highest BCUT2D eigenvalue weighted by molar-refractivity contribution is 14.1. The van der Waals surface area contributed by atoms with Crippen molar-refractivity contribution >= 4 is 22.6 Å². The summed E-state index contributed by atoms with van der Waals surface area (Å²) >= 11 is 1.94. The Hall–Kier alpha value is 0.520. The Morgan fingerprint density at radius 2 is 1.10 bits per heavy atom. The van der Waals surface area contributed by atoms with Crippen molar-refractivity contribution < 1.29 is 13.2 Å². The van der Waals surface area contributed by atoms with Crippen LogP contribution in [0.3, 0.4) is 0 Å². The summed E-state index contributed by atoms with van der Waals surface area (Å²) in [6.45, 7) is 2.24. The first-order valence-corrected chi connectivity index (χ1v) is 9.91. The number of rotatable bonds is 14. The lowest BCUT2D eigenvalue weighted by Crippen LogP contribution is -2.14. The molecule has 0 aliphatic carbocycles. The van der Waals surface area contributed by atoms with Crippen LogP contribution in [0.2, 0.25) is 0 Å². The first kappa shape index (κ1) is 21.5. The van der Waals surface area contributed by atoms with E-state index in [0.717, 1.165) is 12.8 Å². The zero-order valence-corrected chi connectivity index (χ0v) is 15.6. The molecule has 0 aromatic heterocycles. The maximum atomic E-state index is 12.1. The number of hydrogen-bond donors (Lipinski definition) is 0. The Kier molecular flexibility index (Phi) is 14.5. The van der Waals surface area contributed by atoms with E-state index in [1.807, 2.05) is 22.6 Å². The fraction of sp³-hybridized carbons (Fsp3) is 1.00. The van der Waals surface area contributed by atoms with Gasteiger partial charge in [-0.05, 0) is 6.42 Å². The lowest BCUT2D eigenvalue weighted by atomic mass is 10.0. The van der Waals surface area contributed by atoms with E-state index in [1.165, 1.54) is 64.2 Å². The number of alkyl halides is 4. The summed E-state index contributed by atoms with van der Waals surface area (Å²) in [7, 11) is 0. The number of hydrogen-bond acceptors (Lipinski definition) is 0. The largest absolute Gasteiger partial charge is 0.390 e. The molecule has 0 nitrogen and oxygen atoms in total. The predicted molar refractivity (Wildman–Crippen MR) is 94.2 cm³/mol. The maximum Gasteiger partial charge on any atom is 0.390 e. The van der Waals surface area contributed by atoms with Gasteiger partial charge in [0, 0.05) is 3.92 Å².